The Morgan fingerprint density at radius 1 is 1.65 bits per heavy atom. The summed E-state index contributed by atoms with van der Waals surface area (Å²) in [6.07, 6.45) is 3.67. The molecule has 4 nitrogen and oxygen atoms in total. The van der Waals surface area contributed by atoms with Crippen molar-refractivity contribution in [2.45, 2.75) is 38.6 Å². The Morgan fingerprint density at radius 3 is 3.06 bits per heavy atom. The van der Waals surface area contributed by atoms with Crippen LogP contribution in [0.3, 0.4) is 0 Å². The smallest absolute Gasteiger partial charge is 0.241 e. The second-order valence-corrected chi connectivity index (χ2v) is 5.28. The lowest BCUT2D eigenvalue weighted by atomic mass is 10.1. The van der Waals surface area contributed by atoms with Crippen molar-refractivity contribution in [3.05, 3.63) is 16.0 Å². The number of nitriles is 1. The third-order valence-electron chi connectivity index (χ3n) is 3.05. The molecule has 90 valence electrons. The highest BCUT2D eigenvalue weighted by Crippen LogP contribution is 2.38. The first-order chi connectivity index (χ1) is 8.17. The van der Waals surface area contributed by atoms with Crippen molar-refractivity contribution in [3.63, 3.8) is 0 Å². The van der Waals surface area contributed by atoms with E-state index in [2.05, 4.69) is 11.4 Å². The molecule has 0 aromatic carbocycles. The van der Waals surface area contributed by atoms with Crippen molar-refractivity contribution < 1.29 is 4.79 Å². The average molecular weight is 249 g/mol. The van der Waals surface area contributed by atoms with Crippen LogP contribution in [0.25, 0.3) is 0 Å². The summed E-state index contributed by atoms with van der Waals surface area (Å²) in [4.78, 5) is 12.9. The first kappa shape index (κ1) is 12.1. The van der Waals surface area contributed by atoms with E-state index in [1.54, 1.807) is 0 Å². The number of carbonyl (C=O) groups is 1. The van der Waals surface area contributed by atoms with Gasteiger partial charge in [-0.05, 0) is 31.2 Å². The minimum absolute atomic E-state index is 0.205. The minimum Gasteiger partial charge on any atom is -0.320 e. The highest BCUT2D eigenvalue weighted by molar-refractivity contribution is 7.16. The fourth-order valence-electron chi connectivity index (χ4n) is 2.00. The van der Waals surface area contributed by atoms with E-state index in [1.807, 2.05) is 6.92 Å². The molecule has 1 amide bonds. The van der Waals surface area contributed by atoms with Crippen molar-refractivity contribution in [2.75, 3.05) is 5.32 Å². The van der Waals surface area contributed by atoms with Gasteiger partial charge in [-0.3, -0.25) is 4.79 Å². The molecule has 1 atom stereocenters. The first-order valence-electron chi connectivity index (χ1n) is 5.78. The SMILES string of the molecule is CCC(N)C(=O)Nc1sc2c(c1C#N)CCC2. The number of hydrogen-bond acceptors (Lipinski definition) is 4. The average Bonchev–Trinajstić information content (AvgIpc) is 2.87. The molecule has 1 aliphatic carbocycles. The molecule has 0 spiro atoms. The summed E-state index contributed by atoms with van der Waals surface area (Å²) in [6.45, 7) is 1.86. The van der Waals surface area contributed by atoms with Crippen molar-refractivity contribution in [1.29, 1.82) is 5.26 Å². The molecule has 0 fully saturated rings. The number of anilines is 1. The van der Waals surface area contributed by atoms with E-state index < -0.39 is 6.04 Å². The second kappa shape index (κ2) is 4.86. The predicted octanol–water partition coefficient (Wildman–Crippen LogP) is 1.78. The molecule has 1 aromatic rings. The van der Waals surface area contributed by atoms with Gasteiger partial charge in [0.05, 0.1) is 11.6 Å². The third-order valence-corrected chi connectivity index (χ3v) is 4.25. The van der Waals surface area contributed by atoms with E-state index in [0.717, 1.165) is 24.8 Å². The molecular formula is C12H15N3OS. The fourth-order valence-corrected chi connectivity index (χ4v) is 3.24. The van der Waals surface area contributed by atoms with Crippen LogP contribution in [0.15, 0.2) is 0 Å². The molecular weight excluding hydrogens is 234 g/mol. The van der Waals surface area contributed by atoms with Crippen molar-refractivity contribution >= 4 is 22.2 Å². The van der Waals surface area contributed by atoms with Crippen LogP contribution >= 0.6 is 11.3 Å². The molecule has 1 aromatic heterocycles. The fraction of sp³-hybridized carbons (Fsp3) is 0.500. The number of nitrogens with zero attached hydrogens (tertiary/aromatic N) is 1. The molecule has 5 heteroatoms. The normalized spacial score (nSPS) is 15.1. The predicted molar refractivity (Wildman–Crippen MR) is 68.0 cm³/mol. The van der Waals surface area contributed by atoms with Crippen LogP contribution in [0.5, 0.6) is 0 Å². The first-order valence-corrected chi connectivity index (χ1v) is 6.60. The number of carbonyl (C=O) groups excluding carboxylic acids is 1. The Labute approximate surface area is 104 Å². The van der Waals surface area contributed by atoms with Crippen LogP contribution in [-0.4, -0.2) is 11.9 Å². The van der Waals surface area contributed by atoms with Crippen LogP contribution in [0.1, 0.15) is 35.8 Å². The number of aryl methyl sites for hydroxylation is 1. The standard InChI is InChI=1S/C12H15N3OS/c1-2-9(14)11(16)15-12-8(6-13)7-4-3-5-10(7)17-12/h9H,2-5,14H2,1H3,(H,15,16). The van der Waals surface area contributed by atoms with Crippen LogP contribution < -0.4 is 11.1 Å². The second-order valence-electron chi connectivity index (χ2n) is 4.18. The van der Waals surface area contributed by atoms with Gasteiger partial charge >= 0.3 is 0 Å². The molecule has 0 radical (unpaired) electrons. The van der Waals surface area contributed by atoms with E-state index >= 15 is 0 Å². The summed E-state index contributed by atoms with van der Waals surface area (Å²) in [6, 6.07) is 1.69. The van der Waals surface area contributed by atoms with E-state index in [1.165, 1.54) is 16.2 Å². The maximum absolute atomic E-state index is 11.7. The highest BCUT2D eigenvalue weighted by atomic mass is 32.1. The van der Waals surface area contributed by atoms with Crippen molar-refractivity contribution in [1.82, 2.24) is 0 Å². The molecule has 2 rings (SSSR count). The summed E-state index contributed by atoms with van der Waals surface area (Å²) in [5.74, 6) is -0.205. The summed E-state index contributed by atoms with van der Waals surface area (Å²) in [5, 5.41) is 12.6. The Morgan fingerprint density at radius 2 is 2.41 bits per heavy atom. The van der Waals surface area contributed by atoms with Crippen molar-refractivity contribution in [3.8, 4) is 6.07 Å². The number of hydrogen-bond donors (Lipinski definition) is 2. The lowest BCUT2D eigenvalue weighted by Crippen LogP contribution is -2.34. The number of nitrogens with two attached hydrogens (primary N) is 1. The van der Waals surface area contributed by atoms with E-state index in [4.69, 9.17) is 11.0 Å². The third kappa shape index (κ3) is 2.19. The largest absolute Gasteiger partial charge is 0.320 e. The van der Waals surface area contributed by atoms with Crippen molar-refractivity contribution in [2.24, 2.45) is 5.73 Å². The number of thiophene rings is 1. The monoisotopic (exact) mass is 249 g/mol. The summed E-state index contributed by atoms with van der Waals surface area (Å²) < 4.78 is 0. The highest BCUT2D eigenvalue weighted by Gasteiger charge is 2.23. The van der Waals surface area contributed by atoms with Crippen LogP contribution in [-0.2, 0) is 17.6 Å². The number of fused-ring (bicyclic) bond motifs is 1. The van der Waals surface area contributed by atoms with E-state index in [9.17, 15) is 4.79 Å². The molecule has 0 saturated carbocycles. The maximum Gasteiger partial charge on any atom is 0.241 e. The Hall–Kier alpha value is -1.38. The van der Waals surface area contributed by atoms with E-state index in [0.29, 0.717) is 17.0 Å². The molecule has 3 N–H and O–H groups in total. The van der Waals surface area contributed by atoms with Gasteiger partial charge in [-0.15, -0.1) is 11.3 Å². The zero-order valence-electron chi connectivity index (χ0n) is 9.75. The van der Waals surface area contributed by atoms with Gasteiger partial charge in [-0.25, -0.2) is 0 Å². The van der Waals surface area contributed by atoms with Crippen LogP contribution in [0, 0.1) is 11.3 Å². The van der Waals surface area contributed by atoms with Gasteiger partial charge in [0.25, 0.3) is 0 Å². The zero-order chi connectivity index (χ0) is 12.4. The van der Waals surface area contributed by atoms with Crippen LogP contribution in [0.2, 0.25) is 0 Å². The van der Waals surface area contributed by atoms with Gasteiger partial charge in [-0.1, -0.05) is 6.92 Å². The molecule has 0 saturated heterocycles. The molecule has 0 bridgehead atoms. The van der Waals surface area contributed by atoms with Crippen LogP contribution in [0.4, 0.5) is 5.00 Å². The Kier molecular flexibility index (Phi) is 3.46. The Bertz CT molecular complexity index is 487. The molecule has 1 heterocycles. The molecule has 0 aliphatic heterocycles. The van der Waals surface area contributed by atoms with Gasteiger partial charge in [0, 0.05) is 4.88 Å². The zero-order valence-corrected chi connectivity index (χ0v) is 10.6. The summed E-state index contributed by atoms with van der Waals surface area (Å²) in [7, 11) is 0. The Balaban J connectivity index is 2.23. The van der Waals surface area contributed by atoms with Gasteiger partial charge in [0.2, 0.25) is 5.91 Å². The topological polar surface area (TPSA) is 78.9 Å². The number of amides is 1. The summed E-state index contributed by atoms with van der Waals surface area (Å²) >= 11 is 1.52. The molecule has 1 aliphatic rings. The lowest BCUT2D eigenvalue weighted by Gasteiger charge is -2.08. The van der Waals surface area contributed by atoms with Gasteiger partial charge < -0.3 is 11.1 Å². The van der Waals surface area contributed by atoms with E-state index in [-0.39, 0.29) is 5.91 Å². The van der Waals surface area contributed by atoms with Gasteiger partial charge in [0.1, 0.15) is 11.1 Å². The molecule has 17 heavy (non-hydrogen) atoms. The number of rotatable bonds is 3. The van der Waals surface area contributed by atoms with Gasteiger partial charge in [0.15, 0.2) is 0 Å². The van der Waals surface area contributed by atoms with Gasteiger partial charge in [-0.2, -0.15) is 5.26 Å². The molecule has 1 unspecified atom stereocenters. The quantitative estimate of drug-likeness (QED) is 0.857. The maximum atomic E-state index is 11.7. The lowest BCUT2D eigenvalue weighted by molar-refractivity contribution is -0.117. The summed E-state index contributed by atoms with van der Waals surface area (Å²) in [5.41, 5.74) is 7.42. The number of nitrogens with one attached hydrogen (secondary N) is 1. The minimum atomic E-state index is -0.501.